The van der Waals surface area contributed by atoms with Gasteiger partial charge < -0.3 is 4.90 Å². The molecule has 0 unspecified atom stereocenters. The van der Waals surface area contributed by atoms with Gasteiger partial charge in [-0.15, -0.1) is 15.3 Å². The van der Waals surface area contributed by atoms with Crippen LogP contribution in [-0.2, 0) is 0 Å². The van der Waals surface area contributed by atoms with Crippen LogP contribution in [-0.4, -0.2) is 57.4 Å². The second kappa shape index (κ2) is 4.77. The van der Waals surface area contributed by atoms with Crippen LogP contribution in [0.2, 0.25) is 0 Å². The van der Waals surface area contributed by atoms with Crippen LogP contribution in [0.25, 0.3) is 5.65 Å². The van der Waals surface area contributed by atoms with E-state index < -0.39 is 0 Å². The van der Waals surface area contributed by atoms with Gasteiger partial charge in [-0.05, 0) is 25.1 Å². The third-order valence-corrected chi connectivity index (χ3v) is 3.61. The molecule has 1 saturated heterocycles. The Morgan fingerprint density at radius 1 is 1.37 bits per heavy atom. The van der Waals surface area contributed by atoms with Gasteiger partial charge >= 0.3 is 0 Å². The predicted molar refractivity (Wildman–Crippen MR) is 74.3 cm³/mol. The highest BCUT2D eigenvalue weighted by atomic mass is 15.4. The number of nitrogens with zero attached hydrogens (tertiary/aromatic N) is 6. The maximum atomic E-state index is 4.51. The van der Waals surface area contributed by atoms with Crippen LogP contribution in [0, 0.1) is 5.92 Å². The van der Waals surface area contributed by atoms with Crippen molar-refractivity contribution in [2.24, 2.45) is 5.92 Å². The number of aromatic nitrogens is 4. The summed E-state index contributed by atoms with van der Waals surface area (Å²) in [6.07, 6.45) is 1.64. The zero-order valence-electron chi connectivity index (χ0n) is 11.7. The summed E-state index contributed by atoms with van der Waals surface area (Å²) < 4.78 is 1.72. The van der Waals surface area contributed by atoms with Crippen molar-refractivity contribution < 1.29 is 0 Å². The van der Waals surface area contributed by atoms with E-state index >= 15 is 0 Å². The summed E-state index contributed by atoms with van der Waals surface area (Å²) in [5.41, 5.74) is 0.790. The Labute approximate surface area is 113 Å². The minimum Gasteiger partial charge on any atom is -0.352 e. The maximum Gasteiger partial charge on any atom is 0.177 e. The highest BCUT2D eigenvalue weighted by Crippen LogP contribution is 2.21. The van der Waals surface area contributed by atoms with E-state index in [1.165, 1.54) is 0 Å². The number of anilines is 1. The van der Waals surface area contributed by atoms with Crippen molar-refractivity contribution in [2.45, 2.75) is 19.9 Å². The lowest BCUT2D eigenvalue weighted by molar-refractivity contribution is 0.185. The monoisotopic (exact) mass is 260 g/mol. The lowest BCUT2D eigenvalue weighted by Crippen LogP contribution is -2.59. The van der Waals surface area contributed by atoms with Crippen LogP contribution in [0.5, 0.6) is 0 Å². The first-order chi connectivity index (χ1) is 9.13. The van der Waals surface area contributed by atoms with E-state index in [2.05, 4.69) is 46.0 Å². The zero-order chi connectivity index (χ0) is 13.4. The van der Waals surface area contributed by atoms with Crippen LogP contribution in [0.4, 0.5) is 5.82 Å². The molecule has 102 valence electrons. The van der Waals surface area contributed by atoms with Gasteiger partial charge in [0.2, 0.25) is 0 Å². The number of rotatable bonds is 4. The van der Waals surface area contributed by atoms with Crippen molar-refractivity contribution in [3.8, 4) is 0 Å². The predicted octanol–water partition coefficient (Wildman–Crippen LogP) is 0.901. The first kappa shape index (κ1) is 12.3. The average molecular weight is 260 g/mol. The van der Waals surface area contributed by atoms with Gasteiger partial charge in [-0.25, -0.2) is 0 Å². The summed E-state index contributed by atoms with van der Waals surface area (Å²) in [6, 6.07) is 4.62. The van der Waals surface area contributed by atoms with Gasteiger partial charge in [-0.2, -0.15) is 4.52 Å². The van der Waals surface area contributed by atoms with E-state index in [0.717, 1.165) is 31.1 Å². The third kappa shape index (κ3) is 2.40. The fraction of sp³-hybridized carbons (Fsp3) is 0.615. The second-order valence-electron chi connectivity index (χ2n) is 5.72. The van der Waals surface area contributed by atoms with Crippen LogP contribution in [0.3, 0.4) is 0 Å². The number of hydrogen-bond donors (Lipinski definition) is 0. The Morgan fingerprint density at radius 2 is 2.16 bits per heavy atom. The van der Waals surface area contributed by atoms with Crippen molar-refractivity contribution in [3.05, 3.63) is 18.5 Å². The van der Waals surface area contributed by atoms with E-state index in [-0.39, 0.29) is 0 Å². The van der Waals surface area contributed by atoms with Crippen molar-refractivity contribution in [3.63, 3.8) is 0 Å². The SMILES string of the molecule is CC(C)CN(C)C1CN(c2ccc3nncn3n2)C1. The quantitative estimate of drug-likeness (QED) is 0.817. The molecule has 19 heavy (non-hydrogen) atoms. The maximum absolute atomic E-state index is 4.51. The summed E-state index contributed by atoms with van der Waals surface area (Å²) >= 11 is 0. The zero-order valence-corrected chi connectivity index (χ0v) is 11.7. The summed E-state index contributed by atoms with van der Waals surface area (Å²) in [6.45, 7) is 7.76. The highest BCUT2D eigenvalue weighted by Gasteiger charge is 2.31. The Balaban J connectivity index is 1.63. The number of fused-ring (bicyclic) bond motifs is 1. The van der Waals surface area contributed by atoms with Crippen molar-refractivity contribution in [2.75, 3.05) is 31.6 Å². The summed E-state index contributed by atoms with van der Waals surface area (Å²) in [5, 5.41) is 12.3. The number of likely N-dealkylation sites (N-methyl/N-ethyl adjacent to an activating group) is 1. The largest absolute Gasteiger partial charge is 0.352 e. The standard InChI is InChI=1S/C13H20N6/c1-10(2)6-17(3)11-7-18(8-11)13-5-4-12-15-14-9-19(12)16-13/h4-5,9-11H,6-8H2,1-3H3. The molecule has 0 aromatic carbocycles. The van der Waals surface area contributed by atoms with Crippen LogP contribution < -0.4 is 4.90 Å². The molecule has 0 bridgehead atoms. The van der Waals surface area contributed by atoms with Gasteiger partial charge in [0, 0.05) is 25.7 Å². The molecule has 0 aliphatic carbocycles. The van der Waals surface area contributed by atoms with Crippen LogP contribution in [0.1, 0.15) is 13.8 Å². The molecule has 2 aromatic heterocycles. The van der Waals surface area contributed by atoms with Gasteiger partial charge in [0.15, 0.2) is 5.65 Å². The van der Waals surface area contributed by atoms with Crippen molar-refractivity contribution in [1.82, 2.24) is 24.7 Å². The van der Waals surface area contributed by atoms with Crippen molar-refractivity contribution in [1.29, 1.82) is 0 Å². The molecule has 0 radical (unpaired) electrons. The third-order valence-electron chi connectivity index (χ3n) is 3.61. The van der Waals surface area contributed by atoms with Crippen molar-refractivity contribution >= 4 is 11.5 Å². The molecule has 6 heteroatoms. The normalized spacial score (nSPS) is 16.6. The minimum atomic E-state index is 0.640. The summed E-state index contributed by atoms with van der Waals surface area (Å²) in [4.78, 5) is 4.74. The summed E-state index contributed by atoms with van der Waals surface area (Å²) in [5.74, 6) is 1.71. The van der Waals surface area contributed by atoms with Gasteiger partial charge in [0.05, 0.1) is 0 Å². The van der Waals surface area contributed by atoms with E-state index in [9.17, 15) is 0 Å². The molecule has 3 heterocycles. The Morgan fingerprint density at radius 3 is 2.89 bits per heavy atom. The molecule has 0 atom stereocenters. The second-order valence-corrected chi connectivity index (χ2v) is 5.72. The first-order valence-corrected chi connectivity index (χ1v) is 6.76. The van der Waals surface area contributed by atoms with Gasteiger partial charge in [0.25, 0.3) is 0 Å². The fourth-order valence-corrected chi connectivity index (χ4v) is 2.53. The van der Waals surface area contributed by atoms with Gasteiger partial charge in [-0.1, -0.05) is 13.8 Å². The van der Waals surface area contributed by atoms with Crippen LogP contribution in [0.15, 0.2) is 18.5 Å². The molecule has 0 spiro atoms. The molecule has 1 fully saturated rings. The lowest BCUT2D eigenvalue weighted by Gasteiger charge is -2.45. The van der Waals surface area contributed by atoms with E-state index in [4.69, 9.17) is 0 Å². The summed E-state index contributed by atoms with van der Waals surface area (Å²) in [7, 11) is 2.21. The fourth-order valence-electron chi connectivity index (χ4n) is 2.53. The lowest BCUT2D eigenvalue weighted by atomic mass is 10.1. The molecule has 6 nitrogen and oxygen atoms in total. The van der Waals surface area contributed by atoms with E-state index in [1.807, 2.05) is 12.1 Å². The highest BCUT2D eigenvalue weighted by molar-refractivity contribution is 5.47. The van der Waals surface area contributed by atoms with Gasteiger partial charge in [-0.3, -0.25) is 4.90 Å². The molecule has 1 aliphatic heterocycles. The molecule has 0 amide bonds. The Hall–Kier alpha value is -1.69. The topological polar surface area (TPSA) is 49.6 Å². The Kier molecular flexibility index (Phi) is 3.10. The van der Waals surface area contributed by atoms with Crippen LogP contribution >= 0.6 is 0 Å². The smallest absolute Gasteiger partial charge is 0.177 e. The minimum absolute atomic E-state index is 0.640. The molecular weight excluding hydrogens is 240 g/mol. The molecule has 3 rings (SSSR count). The first-order valence-electron chi connectivity index (χ1n) is 6.76. The molecule has 0 N–H and O–H groups in total. The molecular formula is C13H20N6. The van der Waals surface area contributed by atoms with Gasteiger partial charge in [0.1, 0.15) is 12.1 Å². The number of hydrogen-bond acceptors (Lipinski definition) is 5. The van der Waals surface area contributed by atoms with E-state index in [1.54, 1.807) is 10.8 Å². The van der Waals surface area contributed by atoms with E-state index in [0.29, 0.717) is 12.0 Å². The molecule has 2 aromatic rings. The molecule has 1 aliphatic rings. The average Bonchev–Trinajstić information content (AvgIpc) is 2.73. The Bertz CT molecular complexity index is 557. The molecule has 0 saturated carbocycles.